The maximum atomic E-state index is 12.4. The van der Waals surface area contributed by atoms with Crippen LogP contribution in [0.2, 0.25) is 5.02 Å². The van der Waals surface area contributed by atoms with E-state index in [0.29, 0.717) is 21.1 Å². The first-order chi connectivity index (χ1) is 13.6. The lowest BCUT2D eigenvalue weighted by molar-refractivity contribution is -0.384. The first-order valence-corrected chi connectivity index (χ1v) is 9.62. The lowest BCUT2D eigenvalue weighted by atomic mass is 10.1. The number of nitro groups is 1. The van der Waals surface area contributed by atoms with Crippen LogP contribution in [0.1, 0.15) is 25.6 Å². The summed E-state index contributed by atoms with van der Waals surface area (Å²) in [6, 6.07) is 3.88. The van der Waals surface area contributed by atoms with Crippen molar-refractivity contribution in [1.29, 1.82) is 0 Å². The van der Waals surface area contributed by atoms with Crippen LogP contribution >= 0.6 is 35.2 Å². The maximum Gasteiger partial charge on any atom is 0.341 e. The topological polar surface area (TPSA) is 114 Å². The monoisotopic (exact) mass is 456 g/mol. The summed E-state index contributed by atoms with van der Waals surface area (Å²) < 4.78 is 4.82. The molecule has 154 valence electrons. The van der Waals surface area contributed by atoms with Crippen molar-refractivity contribution in [2.24, 2.45) is 0 Å². The average Bonchev–Trinajstić information content (AvgIpc) is 2.97. The summed E-state index contributed by atoms with van der Waals surface area (Å²) in [7, 11) is 4.45. The number of esters is 1. The molecule has 0 bridgehead atoms. The normalized spacial score (nSPS) is 10.2. The average molecular weight is 457 g/mol. The number of nitro benzene ring substituents is 1. The number of carbonyl (C=O) groups excluding carboxylic acids is 2. The largest absolute Gasteiger partial charge is 0.465 e. The lowest BCUT2D eigenvalue weighted by Crippen LogP contribution is -2.21. The van der Waals surface area contributed by atoms with Crippen LogP contribution in [0.5, 0.6) is 0 Å². The van der Waals surface area contributed by atoms with Gasteiger partial charge in [-0.3, -0.25) is 14.9 Å². The minimum Gasteiger partial charge on any atom is -0.465 e. The number of hydrogen-bond acceptors (Lipinski definition) is 7. The van der Waals surface area contributed by atoms with Gasteiger partial charge in [0.1, 0.15) is 5.00 Å². The van der Waals surface area contributed by atoms with E-state index in [2.05, 4.69) is 10.6 Å². The van der Waals surface area contributed by atoms with Gasteiger partial charge >= 0.3 is 5.97 Å². The van der Waals surface area contributed by atoms with Gasteiger partial charge < -0.3 is 20.3 Å². The van der Waals surface area contributed by atoms with Crippen molar-refractivity contribution in [2.75, 3.05) is 31.8 Å². The third-order valence-electron chi connectivity index (χ3n) is 3.78. The number of nitrogens with zero attached hydrogens (tertiary/aromatic N) is 2. The molecule has 2 N–H and O–H groups in total. The number of rotatable bonds is 5. The van der Waals surface area contributed by atoms with Gasteiger partial charge in [0.05, 0.1) is 33.2 Å². The van der Waals surface area contributed by atoms with Gasteiger partial charge in [0.2, 0.25) is 0 Å². The van der Waals surface area contributed by atoms with Crippen LogP contribution in [0, 0.1) is 17.0 Å². The summed E-state index contributed by atoms with van der Waals surface area (Å²) in [5.74, 6) is -0.877. The number of benzene rings is 1. The highest BCUT2D eigenvalue weighted by Crippen LogP contribution is 2.35. The second-order valence-corrected chi connectivity index (χ2v) is 7.79. The highest BCUT2D eigenvalue weighted by molar-refractivity contribution is 7.80. The van der Waals surface area contributed by atoms with Crippen LogP contribution in [-0.4, -0.2) is 48.0 Å². The molecule has 29 heavy (non-hydrogen) atoms. The van der Waals surface area contributed by atoms with Gasteiger partial charge in [0, 0.05) is 26.2 Å². The van der Waals surface area contributed by atoms with E-state index in [4.69, 9.17) is 28.6 Å². The van der Waals surface area contributed by atoms with Gasteiger partial charge in [0.25, 0.3) is 11.6 Å². The van der Waals surface area contributed by atoms with Crippen LogP contribution in [0.3, 0.4) is 0 Å². The molecule has 0 saturated carbocycles. The van der Waals surface area contributed by atoms with Crippen LogP contribution < -0.4 is 10.6 Å². The molecule has 1 amide bonds. The number of nitrogens with one attached hydrogen (secondary N) is 2. The molecule has 12 heteroatoms. The molecule has 0 aliphatic rings. The van der Waals surface area contributed by atoms with Crippen molar-refractivity contribution in [3.63, 3.8) is 0 Å². The molecule has 1 aromatic carbocycles. The van der Waals surface area contributed by atoms with E-state index in [0.717, 1.165) is 11.3 Å². The van der Waals surface area contributed by atoms with Gasteiger partial charge in [-0.15, -0.1) is 11.3 Å². The summed E-state index contributed by atoms with van der Waals surface area (Å²) in [6.45, 7) is 1.65. The summed E-state index contributed by atoms with van der Waals surface area (Å²) >= 11 is 12.4. The highest BCUT2D eigenvalue weighted by Gasteiger charge is 2.26. The fourth-order valence-electron chi connectivity index (χ4n) is 2.33. The van der Waals surface area contributed by atoms with Crippen molar-refractivity contribution >= 4 is 68.5 Å². The zero-order chi connectivity index (χ0) is 21.9. The Kier molecular flexibility index (Phi) is 7.11. The Hall–Kier alpha value is -2.76. The molecule has 0 fully saturated rings. The van der Waals surface area contributed by atoms with E-state index in [9.17, 15) is 19.7 Å². The standard InChI is InChI=1S/C17H17ClN4O5S2/c1-8-12(16(24)27-4)14(29-13(8)15(23)21(2)3)20-17(28)19-11-6-5-9(22(25)26)7-10(11)18/h5-7H,1-4H3,(H2,19,20,28). The first-order valence-electron chi connectivity index (χ1n) is 8.02. The molecule has 9 nitrogen and oxygen atoms in total. The number of ether oxygens (including phenoxy) is 1. The molecule has 0 unspecified atom stereocenters. The minimum atomic E-state index is -0.616. The highest BCUT2D eigenvalue weighted by atomic mass is 35.5. The number of carbonyl (C=O) groups is 2. The summed E-state index contributed by atoms with van der Waals surface area (Å²) in [5.41, 5.74) is 0.848. The number of methoxy groups -OCH3 is 1. The first kappa shape index (κ1) is 22.5. The lowest BCUT2D eigenvalue weighted by Gasteiger charge is -2.11. The van der Waals surface area contributed by atoms with Gasteiger partial charge in [-0.25, -0.2) is 4.79 Å². The molecule has 2 rings (SSSR count). The third kappa shape index (κ3) is 5.00. The van der Waals surface area contributed by atoms with E-state index in [1.807, 2.05) is 0 Å². The molecule has 0 radical (unpaired) electrons. The molecular formula is C17H17ClN4O5S2. The number of hydrogen-bond donors (Lipinski definition) is 2. The number of anilines is 2. The molecule has 1 aromatic heterocycles. The maximum absolute atomic E-state index is 12.4. The van der Waals surface area contributed by atoms with Crippen molar-refractivity contribution in [3.8, 4) is 0 Å². The van der Waals surface area contributed by atoms with E-state index in [1.54, 1.807) is 21.0 Å². The predicted octanol–water partition coefficient (Wildman–Crippen LogP) is 3.92. The van der Waals surface area contributed by atoms with Crippen LogP contribution in [0.4, 0.5) is 16.4 Å². The van der Waals surface area contributed by atoms with Gasteiger partial charge in [-0.2, -0.15) is 0 Å². The Morgan fingerprint density at radius 1 is 1.31 bits per heavy atom. The third-order valence-corrected chi connectivity index (χ3v) is 5.49. The fraction of sp³-hybridized carbons (Fsp3) is 0.235. The van der Waals surface area contributed by atoms with Crippen LogP contribution in [0.25, 0.3) is 0 Å². The van der Waals surface area contributed by atoms with Crippen LogP contribution in [-0.2, 0) is 4.74 Å². The molecule has 0 atom stereocenters. The predicted molar refractivity (Wildman–Crippen MR) is 116 cm³/mol. The summed E-state index contributed by atoms with van der Waals surface area (Å²) in [5, 5.41) is 17.0. The molecule has 0 saturated heterocycles. The number of thiocarbonyl (C=S) groups is 1. The van der Waals surface area contributed by atoms with Gasteiger partial charge in [0.15, 0.2) is 5.11 Å². The van der Waals surface area contributed by atoms with E-state index in [-0.39, 0.29) is 27.3 Å². The molecule has 0 aliphatic heterocycles. The Bertz CT molecular complexity index is 1010. The number of amides is 1. The molecule has 2 aromatic rings. The van der Waals surface area contributed by atoms with Crippen LogP contribution in [0.15, 0.2) is 18.2 Å². The molecule has 0 spiro atoms. The number of non-ortho nitro benzene ring substituents is 1. The second-order valence-electron chi connectivity index (χ2n) is 5.95. The van der Waals surface area contributed by atoms with E-state index < -0.39 is 10.9 Å². The van der Waals surface area contributed by atoms with E-state index >= 15 is 0 Å². The Balaban J connectivity index is 2.32. The van der Waals surface area contributed by atoms with Gasteiger partial charge in [-0.05, 0) is 30.8 Å². The van der Waals surface area contributed by atoms with E-state index in [1.165, 1.54) is 30.2 Å². The summed E-state index contributed by atoms with van der Waals surface area (Å²) in [6.07, 6.45) is 0. The van der Waals surface area contributed by atoms with Crippen molar-refractivity contribution in [2.45, 2.75) is 6.92 Å². The Labute approximate surface area is 180 Å². The summed E-state index contributed by atoms with van der Waals surface area (Å²) in [4.78, 5) is 36.6. The molecule has 0 aliphatic carbocycles. The zero-order valence-electron chi connectivity index (χ0n) is 15.9. The quantitative estimate of drug-likeness (QED) is 0.301. The zero-order valence-corrected chi connectivity index (χ0v) is 18.3. The number of halogens is 1. The second kappa shape index (κ2) is 9.16. The smallest absolute Gasteiger partial charge is 0.341 e. The molecular weight excluding hydrogens is 440 g/mol. The minimum absolute atomic E-state index is 0.0796. The Morgan fingerprint density at radius 2 is 1.97 bits per heavy atom. The SMILES string of the molecule is COC(=O)c1c(NC(=S)Nc2ccc([N+](=O)[O-])cc2Cl)sc(C(=O)N(C)C)c1C. The number of thiophene rings is 1. The van der Waals surface area contributed by atoms with Crippen molar-refractivity contribution in [3.05, 3.63) is 49.3 Å². The van der Waals surface area contributed by atoms with Gasteiger partial charge in [-0.1, -0.05) is 11.6 Å². The van der Waals surface area contributed by atoms with Crippen molar-refractivity contribution < 1.29 is 19.2 Å². The molecule has 1 heterocycles. The fourth-order valence-corrected chi connectivity index (χ4v) is 4.05. The Morgan fingerprint density at radius 3 is 2.48 bits per heavy atom. The van der Waals surface area contributed by atoms with Crippen molar-refractivity contribution in [1.82, 2.24) is 4.90 Å².